The van der Waals surface area contributed by atoms with Crippen molar-refractivity contribution in [1.29, 1.82) is 0 Å². The number of halogens is 2. The molecular weight excluding hydrogens is 264 g/mol. The summed E-state index contributed by atoms with van der Waals surface area (Å²) in [6.07, 6.45) is 0.477. The summed E-state index contributed by atoms with van der Waals surface area (Å²) in [7, 11) is 1.71. The quantitative estimate of drug-likeness (QED) is 0.836. The second-order valence-corrected chi connectivity index (χ2v) is 6.38. The van der Waals surface area contributed by atoms with E-state index in [2.05, 4.69) is 5.10 Å². The zero-order chi connectivity index (χ0) is 14.7. The first-order valence-electron chi connectivity index (χ1n) is 6.97. The molecule has 2 fully saturated rings. The topological polar surface area (TPSA) is 38.1 Å². The molecule has 1 saturated heterocycles. The van der Waals surface area contributed by atoms with Gasteiger partial charge in [0, 0.05) is 26.6 Å². The summed E-state index contributed by atoms with van der Waals surface area (Å²) < 4.78 is 28.6. The van der Waals surface area contributed by atoms with Crippen LogP contribution in [0, 0.1) is 5.41 Å². The minimum Gasteiger partial charge on any atom is -0.336 e. The second-order valence-electron chi connectivity index (χ2n) is 6.38. The van der Waals surface area contributed by atoms with Crippen LogP contribution >= 0.6 is 0 Å². The van der Waals surface area contributed by atoms with E-state index in [0.29, 0.717) is 12.1 Å². The van der Waals surface area contributed by atoms with Gasteiger partial charge in [-0.3, -0.25) is 9.48 Å². The number of rotatable bonds is 2. The molecule has 4 nitrogen and oxygen atoms in total. The molecule has 0 bridgehead atoms. The van der Waals surface area contributed by atoms with E-state index in [-0.39, 0.29) is 31.3 Å². The number of nitrogens with zero attached hydrogens (tertiary/aromatic N) is 3. The first kappa shape index (κ1) is 13.5. The van der Waals surface area contributed by atoms with Crippen LogP contribution < -0.4 is 0 Å². The molecule has 1 aliphatic heterocycles. The zero-order valence-corrected chi connectivity index (χ0v) is 12.0. The maximum absolute atomic E-state index is 13.5. The molecule has 1 aromatic heterocycles. The molecule has 2 heterocycles. The van der Waals surface area contributed by atoms with Gasteiger partial charge in [-0.25, -0.2) is 8.78 Å². The smallest absolute Gasteiger partial charge is 0.272 e. The monoisotopic (exact) mass is 283 g/mol. The van der Waals surface area contributed by atoms with Crippen LogP contribution in [0.15, 0.2) is 6.07 Å². The SMILES string of the molecule is CC(C)c1cc(C(=O)N2CC3(CCC3(F)F)C2)n(C)n1. The van der Waals surface area contributed by atoms with Crippen molar-refractivity contribution in [2.24, 2.45) is 12.5 Å². The van der Waals surface area contributed by atoms with Crippen LogP contribution in [0.4, 0.5) is 8.78 Å². The Bertz CT molecular complexity index is 559. The van der Waals surface area contributed by atoms with Crippen molar-refractivity contribution in [3.05, 3.63) is 17.5 Å². The van der Waals surface area contributed by atoms with Gasteiger partial charge in [0.05, 0.1) is 11.1 Å². The molecule has 0 aromatic carbocycles. The van der Waals surface area contributed by atoms with Gasteiger partial charge in [0.25, 0.3) is 11.8 Å². The Balaban J connectivity index is 1.73. The van der Waals surface area contributed by atoms with E-state index in [1.54, 1.807) is 17.8 Å². The summed E-state index contributed by atoms with van der Waals surface area (Å²) in [6.45, 7) is 4.34. The number of likely N-dealkylation sites (tertiary alicyclic amines) is 1. The van der Waals surface area contributed by atoms with Gasteiger partial charge in [-0.15, -0.1) is 0 Å². The van der Waals surface area contributed by atoms with Crippen LogP contribution in [-0.2, 0) is 7.05 Å². The predicted octanol–water partition coefficient (Wildman–Crippen LogP) is 2.41. The van der Waals surface area contributed by atoms with Crippen molar-refractivity contribution < 1.29 is 13.6 Å². The maximum Gasteiger partial charge on any atom is 0.272 e. The number of aryl methyl sites for hydroxylation is 1. The predicted molar refractivity (Wildman–Crippen MR) is 69.8 cm³/mol. The molecule has 3 rings (SSSR count). The lowest BCUT2D eigenvalue weighted by molar-refractivity contribution is -0.248. The fourth-order valence-corrected chi connectivity index (χ4v) is 3.02. The lowest BCUT2D eigenvalue weighted by Crippen LogP contribution is -2.70. The van der Waals surface area contributed by atoms with Crippen LogP contribution in [0.25, 0.3) is 0 Å². The average molecular weight is 283 g/mol. The van der Waals surface area contributed by atoms with Gasteiger partial charge in [0.2, 0.25) is 0 Å². The molecule has 0 radical (unpaired) electrons. The van der Waals surface area contributed by atoms with Gasteiger partial charge < -0.3 is 4.90 Å². The standard InChI is InChI=1S/C14H19F2N3O/c1-9(2)10-6-11(18(3)17-10)12(20)19-7-13(8-19)4-5-14(13,15)16/h6,9H,4-5,7-8H2,1-3H3. The Labute approximate surface area is 116 Å². The minimum absolute atomic E-state index is 0.0434. The summed E-state index contributed by atoms with van der Waals surface area (Å²) in [5.74, 6) is -2.55. The number of carbonyl (C=O) groups excluding carboxylic acids is 1. The normalized spacial score (nSPS) is 22.8. The lowest BCUT2D eigenvalue weighted by Gasteiger charge is -2.59. The van der Waals surface area contributed by atoms with Crippen molar-refractivity contribution in [2.75, 3.05) is 13.1 Å². The third-order valence-corrected chi connectivity index (χ3v) is 4.68. The van der Waals surface area contributed by atoms with Crippen molar-refractivity contribution >= 4 is 5.91 Å². The van der Waals surface area contributed by atoms with Gasteiger partial charge in [-0.2, -0.15) is 5.10 Å². The van der Waals surface area contributed by atoms with Crippen LogP contribution in [0.3, 0.4) is 0 Å². The van der Waals surface area contributed by atoms with Crippen LogP contribution in [0.1, 0.15) is 48.8 Å². The fourth-order valence-electron chi connectivity index (χ4n) is 3.02. The highest BCUT2D eigenvalue weighted by Crippen LogP contribution is 2.58. The molecule has 1 amide bonds. The van der Waals surface area contributed by atoms with E-state index >= 15 is 0 Å². The van der Waals surface area contributed by atoms with Gasteiger partial charge in [0.15, 0.2) is 0 Å². The Morgan fingerprint density at radius 1 is 1.35 bits per heavy atom. The van der Waals surface area contributed by atoms with Crippen molar-refractivity contribution in [3.8, 4) is 0 Å². The lowest BCUT2D eigenvalue weighted by atomic mass is 9.60. The van der Waals surface area contributed by atoms with Crippen molar-refractivity contribution in [2.45, 2.75) is 38.5 Å². The number of aromatic nitrogens is 2. The molecule has 1 aromatic rings. The first-order valence-corrected chi connectivity index (χ1v) is 6.97. The van der Waals surface area contributed by atoms with Crippen molar-refractivity contribution in [1.82, 2.24) is 14.7 Å². The highest BCUT2D eigenvalue weighted by molar-refractivity contribution is 5.93. The van der Waals surface area contributed by atoms with Crippen LogP contribution in [-0.4, -0.2) is 39.6 Å². The number of amides is 1. The summed E-state index contributed by atoms with van der Waals surface area (Å²) in [5.41, 5.74) is 0.383. The van der Waals surface area contributed by atoms with Crippen molar-refractivity contribution in [3.63, 3.8) is 0 Å². The van der Waals surface area contributed by atoms with E-state index in [0.717, 1.165) is 5.69 Å². The van der Waals surface area contributed by atoms with E-state index in [1.165, 1.54) is 4.90 Å². The van der Waals surface area contributed by atoms with Gasteiger partial charge in [-0.1, -0.05) is 13.8 Å². The van der Waals surface area contributed by atoms with E-state index in [4.69, 9.17) is 0 Å². The largest absolute Gasteiger partial charge is 0.336 e. The molecule has 2 aliphatic rings. The molecule has 0 unspecified atom stereocenters. The number of carbonyl (C=O) groups is 1. The molecule has 0 N–H and O–H groups in total. The number of alkyl halides is 2. The Kier molecular flexibility index (Phi) is 2.72. The maximum atomic E-state index is 13.5. The molecule has 1 aliphatic carbocycles. The second kappa shape index (κ2) is 4.02. The first-order chi connectivity index (χ1) is 9.26. The van der Waals surface area contributed by atoms with E-state index < -0.39 is 11.3 Å². The Morgan fingerprint density at radius 2 is 2.00 bits per heavy atom. The summed E-state index contributed by atoms with van der Waals surface area (Å²) in [5, 5.41) is 4.29. The molecule has 0 atom stereocenters. The third kappa shape index (κ3) is 1.70. The number of hydrogen-bond acceptors (Lipinski definition) is 2. The van der Waals surface area contributed by atoms with E-state index in [1.807, 2.05) is 13.8 Å². The fraction of sp³-hybridized carbons (Fsp3) is 0.714. The molecule has 20 heavy (non-hydrogen) atoms. The summed E-state index contributed by atoms with van der Waals surface area (Å²) >= 11 is 0. The van der Waals surface area contributed by atoms with Crippen LogP contribution in [0.5, 0.6) is 0 Å². The third-order valence-electron chi connectivity index (χ3n) is 4.68. The molecule has 1 spiro atoms. The Morgan fingerprint density at radius 3 is 2.40 bits per heavy atom. The van der Waals surface area contributed by atoms with Gasteiger partial charge >= 0.3 is 0 Å². The Hall–Kier alpha value is -1.46. The van der Waals surface area contributed by atoms with Gasteiger partial charge in [-0.05, 0) is 18.4 Å². The number of hydrogen-bond donors (Lipinski definition) is 0. The molecule has 6 heteroatoms. The molecular formula is C14H19F2N3O. The average Bonchev–Trinajstić information content (AvgIpc) is 2.68. The van der Waals surface area contributed by atoms with E-state index in [9.17, 15) is 13.6 Å². The molecule has 110 valence electrons. The highest BCUT2D eigenvalue weighted by atomic mass is 19.3. The highest BCUT2D eigenvalue weighted by Gasteiger charge is 2.67. The van der Waals surface area contributed by atoms with Crippen LogP contribution in [0.2, 0.25) is 0 Å². The minimum atomic E-state index is -2.60. The zero-order valence-electron chi connectivity index (χ0n) is 12.0. The van der Waals surface area contributed by atoms with Gasteiger partial charge in [0.1, 0.15) is 5.69 Å². The molecule has 1 saturated carbocycles. The summed E-state index contributed by atoms with van der Waals surface area (Å²) in [4.78, 5) is 13.9. The summed E-state index contributed by atoms with van der Waals surface area (Å²) in [6, 6.07) is 1.76.